The van der Waals surface area contributed by atoms with E-state index in [9.17, 15) is 14.7 Å². The zero-order valence-corrected chi connectivity index (χ0v) is 13.0. The van der Waals surface area contributed by atoms with E-state index in [0.29, 0.717) is 12.1 Å². The maximum atomic E-state index is 12.3. The van der Waals surface area contributed by atoms with Gasteiger partial charge in [0.2, 0.25) is 0 Å². The number of aliphatic hydroxyl groups is 2. The predicted octanol–water partition coefficient (Wildman–Crippen LogP) is 1.43. The van der Waals surface area contributed by atoms with Gasteiger partial charge in [-0.1, -0.05) is 20.8 Å². The Morgan fingerprint density at radius 1 is 1.48 bits per heavy atom. The van der Waals surface area contributed by atoms with Crippen LogP contribution < -0.4 is 0 Å². The fourth-order valence-electron chi connectivity index (χ4n) is 2.67. The lowest BCUT2D eigenvalue weighted by molar-refractivity contribution is -0.150. The molecule has 6 nitrogen and oxygen atoms in total. The number of rotatable bonds is 5. The molecule has 1 rings (SSSR count). The molecular weight excluding hydrogens is 274 g/mol. The second-order valence-corrected chi connectivity index (χ2v) is 5.71. The van der Waals surface area contributed by atoms with E-state index in [4.69, 9.17) is 9.84 Å². The number of Topliss-reactive ketones (excluding diaryl/α,β-unsaturated/α-hetero) is 1. The molecule has 0 spiro atoms. The molecule has 0 fully saturated rings. The molecule has 0 saturated heterocycles. The van der Waals surface area contributed by atoms with Gasteiger partial charge in [0.25, 0.3) is 0 Å². The van der Waals surface area contributed by atoms with Gasteiger partial charge in [-0.3, -0.25) is 14.6 Å². The summed E-state index contributed by atoms with van der Waals surface area (Å²) in [4.78, 5) is 28.4. The number of carbonyl (C=O) groups is 2. The molecule has 0 amide bonds. The van der Waals surface area contributed by atoms with Crippen molar-refractivity contribution in [2.75, 3.05) is 20.3 Å². The fourth-order valence-corrected chi connectivity index (χ4v) is 2.67. The van der Waals surface area contributed by atoms with Crippen LogP contribution in [0, 0.1) is 11.3 Å². The first-order valence-corrected chi connectivity index (χ1v) is 6.98. The van der Waals surface area contributed by atoms with Crippen LogP contribution in [0.25, 0.3) is 0 Å². The lowest BCUT2D eigenvalue weighted by Gasteiger charge is -2.36. The highest BCUT2D eigenvalue weighted by atomic mass is 16.5. The van der Waals surface area contributed by atoms with Gasteiger partial charge in [0.05, 0.1) is 25.8 Å². The van der Waals surface area contributed by atoms with Gasteiger partial charge in [-0.05, 0) is 11.8 Å². The SMILES string of the molecule is CCC(=NCCO)C1=C(O)C(C(=O)OC)C(C)(C)CC1=O. The third-order valence-electron chi connectivity index (χ3n) is 3.67. The van der Waals surface area contributed by atoms with E-state index in [1.54, 1.807) is 20.8 Å². The van der Waals surface area contributed by atoms with Crippen LogP contribution in [0.15, 0.2) is 16.3 Å². The number of aliphatic imine (C=N–C) groups is 1. The van der Waals surface area contributed by atoms with Gasteiger partial charge in [-0.15, -0.1) is 0 Å². The van der Waals surface area contributed by atoms with Crippen molar-refractivity contribution in [2.24, 2.45) is 16.3 Å². The van der Waals surface area contributed by atoms with Crippen molar-refractivity contribution < 1.29 is 24.5 Å². The molecule has 0 heterocycles. The summed E-state index contributed by atoms with van der Waals surface area (Å²) in [6, 6.07) is 0. The van der Waals surface area contributed by atoms with Crippen LogP contribution in [-0.4, -0.2) is 47.9 Å². The van der Waals surface area contributed by atoms with Crippen LogP contribution in [0.2, 0.25) is 0 Å². The van der Waals surface area contributed by atoms with Gasteiger partial charge < -0.3 is 14.9 Å². The van der Waals surface area contributed by atoms with Crippen LogP contribution in [0.5, 0.6) is 0 Å². The molecule has 0 saturated carbocycles. The molecule has 1 atom stereocenters. The Morgan fingerprint density at radius 3 is 2.57 bits per heavy atom. The van der Waals surface area contributed by atoms with Crippen LogP contribution in [0.1, 0.15) is 33.6 Å². The molecule has 1 aliphatic rings. The highest BCUT2D eigenvalue weighted by Crippen LogP contribution is 2.42. The van der Waals surface area contributed by atoms with Crippen molar-refractivity contribution in [3.8, 4) is 0 Å². The van der Waals surface area contributed by atoms with Gasteiger partial charge >= 0.3 is 5.97 Å². The summed E-state index contributed by atoms with van der Waals surface area (Å²) in [6.45, 7) is 5.31. The molecule has 118 valence electrons. The number of nitrogens with zero attached hydrogens (tertiary/aromatic N) is 1. The number of hydrogen-bond acceptors (Lipinski definition) is 6. The average molecular weight is 297 g/mol. The Hall–Kier alpha value is -1.69. The summed E-state index contributed by atoms with van der Waals surface area (Å²) in [5.41, 5.74) is -0.204. The molecule has 0 aromatic heterocycles. The lowest BCUT2D eigenvalue weighted by atomic mass is 9.67. The molecule has 0 aliphatic heterocycles. The van der Waals surface area contributed by atoms with Crippen molar-refractivity contribution >= 4 is 17.5 Å². The topological polar surface area (TPSA) is 96.2 Å². The number of aliphatic hydroxyl groups excluding tert-OH is 2. The minimum absolute atomic E-state index is 0.0978. The number of allylic oxidation sites excluding steroid dienone is 1. The maximum Gasteiger partial charge on any atom is 0.316 e. The second-order valence-electron chi connectivity index (χ2n) is 5.71. The number of methoxy groups -OCH3 is 1. The zero-order valence-electron chi connectivity index (χ0n) is 13.0. The van der Waals surface area contributed by atoms with Gasteiger partial charge in [0.15, 0.2) is 5.78 Å². The van der Waals surface area contributed by atoms with E-state index < -0.39 is 17.3 Å². The molecule has 6 heteroatoms. The molecule has 21 heavy (non-hydrogen) atoms. The summed E-state index contributed by atoms with van der Waals surface area (Å²) in [5, 5.41) is 19.3. The number of ketones is 1. The van der Waals surface area contributed by atoms with Gasteiger partial charge in [0.1, 0.15) is 11.7 Å². The summed E-state index contributed by atoms with van der Waals surface area (Å²) in [5.74, 6) is -1.97. The van der Waals surface area contributed by atoms with Crippen LogP contribution in [0.3, 0.4) is 0 Å². The molecule has 1 aliphatic carbocycles. The molecule has 0 radical (unpaired) electrons. The van der Waals surface area contributed by atoms with Crippen molar-refractivity contribution in [1.82, 2.24) is 0 Å². The molecule has 0 aromatic carbocycles. The molecule has 1 unspecified atom stereocenters. The monoisotopic (exact) mass is 297 g/mol. The van der Waals surface area contributed by atoms with Crippen molar-refractivity contribution in [3.05, 3.63) is 11.3 Å². The van der Waals surface area contributed by atoms with E-state index in [-0.39, 0.29) is 36.7 Å². The summed E-state index contributed by atoms with van der Waals surface area (Å²) in [7, 11) is 1.25. The third-order valence-corrected chi connectivity index (χ3v) is 3.67. The first-order valence-electron chi connectivity index (χ1n) is 6.98. The Bertz CT molecular complexity index is 490. The van der Waals surface area contributed by atoms with E-state index in [1.807, 2.05) is 0 Å². The number of ether oxygens (including phenoxy) is 1. The second kappa shape index (κ2) is 6.85. The third kappa shape index (κ3) is 3.50. The van der Waals surface area contributed by atoms with E-state index in [2.05, 4.69) is 4.99 Å². The highest BCUT2D eigenvalue weighted by molar-refractivity contribution is 6.23. The van der Waals surface area contributed by atoms with Crippen LogP contribution in [-0.2, 0) is 14.3 Å². The normalized spacial score (nSPS) is 22.4. The number of esters is 1. The largest absolute Gasteiger partial charge is 0.511 e. The summed E-state index contributed by atoms with van der Waals surface area (Å²) >= 11 is 0. The number of carbonyl (C=O) groups excluding carboxylic acids is 2. The Kier molecular flexibility index (Phi) is 5.66. The molecule has 0 bridgehead atoms. The summed E-state index contributed by atoms with van der Waals surface area (Å²) in [6.07, 6.45) is 0.559. The molecule has 0 aromatic rings. The first-order chi connectivity index (χ1) is 9.80. The predicted molar refractivity (Wildman–Crippen MR) is 78.2 cm³/mol. The van der Waals surface area contributed by atoms with Crippen molar-refractivity contribution in [2.45, 2.75) is 33.6 Å². The highest BCUT2D eigenvalue weighted by Gasteiger charge is 2.47. The quantitative estimate of drug-likeness (QED) is 0.591. The van der Waals surface area contributed by atoms with E-state index >= 15 is 0 Å². The lowest BCUT2D eigenvalue weighted by Crippen LogP contribution is -2.41. The van der Waals surface area contributed by atoms with Gasteiger partial charge in [-0.2, -0.15) is 0 Å². The summed E-state index contributed by atoms with van der Waals surface area (Å²) < 4.78 is 4.75. The van der Waals surface area contributed by atoms with Crippen molar-refractivity contribution in [3.63, 3.8) is 0 Å². The maximum absolute atomic E-state index is 12.3. The standard InChI is InChI=1S/C15H23NO5/c1-5-9(16-6-7-17)11-10(18)8-15(2,3)12(13(11)19)14(20)21-4/h12,17,19H,5-8H2,1-4H3. The smallest absolute Gasteiger partial charge is 0.316 e. The van der Waals surface area contributed by atoms with E-state index in [0.717, 1.165) is 0 Å². The first kappa shape index (κ1) is 17.4. The van der Waals surface area contributed by atoms with E-state index in [1.165, 1.54) is 7.11 Å². The number of hydrogen-bond donors (Lipinski definition) is 2. The molecule has 2 N–H and O–H groups in total. The Balaban J connectivity index is 3.39. The zero-order chi connectivity index (χ0) is 16.2. The van der Waals surface area contributed by atoms with Crippen LogP contribution >= 0.6 is 0 Å². The van der Waals surface area contributed by atoms with Crippen molar-refractivity contribution in [1.29, 1.82) is 0 Å². The Labute approximate surface area is 124 Å². The minimum Gasteiger partial charge on any atom is -0.511 e. The van der Waals surface area contributed by atoms with Gasteiger partial charge in [0, 0.05) is 12.1 Å². The molecular formula is C15H23NO5. The van der Waals surface area contributed by atoms with Crippen LogP contribution in [0.4, 0.5) is 0 Å². The average Bonchev–Trinajstić information content (AvgIpc) is 2.40. The fraction of sp³-hybridized carbons (Fsp3) is 0.667. The Morgan fingerprint density at radius 2 is 2.10 bits per heavy atom. The minimum atomic E-state index is -0.888. The van der Waals surface area contributed by atoms with Gasteiger partial charge in [-0.25, -0.2) is 0 Å².